The summed E-state index contributed by atoms with van der Waals surface area (Å²) in [5.41, 5.74) is 0. The molecule has 2 rings (SSSR count). The number of rotatable bonds is 4. The predicted octanol–water partition coefficient (Wildman–Crippen LogP) is 2.19. The lowest BCUT2D eigenvalue weighted by molar-refractivity contribution is -0.121. The number of aliphatic hydroxyl groups is 1. The van der Waals surface area contributed by atoms with Crippen molar-refractivity contribution in [3.63, 3.8) is 0 Å². The highest BCUT2D eigenvalue weighted by atomic mass is 16.5. The van der Waals surface area contributed by atoms with E-state index in [2.05, 4.69) is 0 Å². The Balaban J connectivity index is 1.77. The first kappa shape index (κ1) is 12.1. The van der Waals surface area contributed by atoms with Gasteiger partial charge in [-0.2, -0.15) is 0 Å². The van der Waals surface area contributed by atoms with E-state index >= 15 is 0 Å². The van der Waals surface area contributed by atoms with Crippen molar-refractivity contribution in [1.29, 1.82) is 0 Å². The molecule has 1 aromatic rings. The molecule has 0 bridgehead atoms. The number of Topliss-reactive ketones (excluding diaryl/α,β-unsaturated/α-hetero) is 1. The Kier molecular flexibility index (Phi) is 4.15. The molecule has 92 valence electrons. The van der Waals surface area contributed by atoms with Crippen LogP contribution in [-0.4, -0.2) is 23.6 Å². The van der Waals surface area contributed by atoms with E-state index in [0.29, 0.717) is 25.2 Å². The van der Waals surface area contributed by atoms with Gasteiger partial charge >= 0.3 is 0 Å². The van der Waals surface area contributed by atoms with Crippen molar-refractivity contribution in [2.24, 2.45) is 5.92 Å². The summed E-state index contributed by atoms with van der Waals surface area (Å²) in [7, 11) is 0. The molecule has 1 unspecified atom stereocenters. The third-order valence-corrected chi connectivity index (χ3v) is 3.30. The van der Waals surface area contributed by atoms with Crippen LogP contribution in [0.4, 0.5) is 0 Å². The highest BCUT2D eigenvalue weighted by molar-refractivity contribution is 5.79. The van der Waals surface area contributed by atoms with Crippen molar-refractivity contribution in [2.45, 2.75) is 31.8 Å². The average Bonchev–Trinajstić information content (AvgIpc) is 2.38. The summed E-state index contributed by atoms with van der Waals surface area (Å²) in [4.78, 5) is 11.1. The van der Waals surface area contributed by atoms with Crippen LogP contribution in [0.5, 0.6) is 5.75 Å². The molecule has 0 amide bonds. The standard InChI is InChI=1S/C14H18O3/c15-12-8-6-11(7-9-12)14(16)10-17-13-4-2-1-3-5-13/h1-5,11,14,16H,6-10H2. The zero-order valence-corrected chi connectivity index (χ0v) is 9.84. The molecule has 1 aliphatic rings. The zero-order valence-electron chi connectivity index (χ0n) is 9.84. The highest BCUT2D eigenvalue weighted by Gasteiger charge is 2.25. The molecule has 1 atom stereocenters. The number of ketones is 1. The summed E-state index contributed by atoms with van der Waals surface area (Å²) in [5, 5.41) is 9.99. The number of benzene rings is 1. The first-order valence-corrected chi connectivity index (χ1v) is 6.13. The Morgan fingerprint density at radius 2 is 1.88 bits per heavy atom. The van der Waals surface area contributed by atoms with Crippen LogP contribution in [0.1, 0.15) is 25.7 Å². The fourth-order valence-corrected chi connectivity index (χ4v) is 2.18. The monoisotopic (exact) mass is 234 g/mol. The van der Waals surface area contributed by atoms with Gasteiger partial charge in [-0.25, -0.2) is 0 Å². The topological polar surface area (TPSA) is 46.5 Å². The molecule has 0 heterocycles. The second-order valence-corrected chi connectivity index (χ2v) is 4.57. The van der Waals surface area contributed by atoms with Gasteiger partial charge in [0.1, 0.15) is 18.1 Å². The van der Waals surface area contributed by atoms with Crippen LogP contribution in [0, 0.1) is 5.92 Å². The molecule has 3 nitrogen and oxygen atoms in total. The minimum absolute atomic E-state index is 0.205. The van der Waals surface area contributed by atoms with Gasteiger partial charge in [0.2, 0.25) is 0 Å². The summed E-state index contributed by atoms with van der Waals surface area (Å²) < 4.78 is 5.51. The van der Waals surface area contributed by atoms with Crippen LogP contribution in [0.2, 0.25) is 0 Å². The molecule has 1 saturated carbocycles. The Morgan fingerprint density at radius 1 is 1.24 bits per heavy atom. The van der Waals surface area contributed by atoms with E-state index in [1.54, 1.807) is 0 Å². The maximum Gasteiger partial charge on any atom is 0.132 e. The van der Waals surface area contributed by atoms with Gasteiger partial charge in [-0.05, 0) is 30.9 Å². The van der Waals surface area contributed by atoms with Crippen molar-refractivity contribution >= 4 is 5.78 Å². The third kappa shape index (κ3) is 3.56. The average molecular weight is 234 g/mol. The van der Waals surface area contributed by atoms with Crippen molar-refractivity contribution < 1.29 is 14.6 Å². The molecule has 0 aromatic heterocycles. The van der Waals surface area contributed by atoms with E-state index in [0.717, 1.165) is 18.6 Å². The van der Waals surface area contributed by atoms with Crippen molar-refractivity contribution in [2.75, 3.05) is 6.61 Å². The van der Waals surface area contributed by atoms with Gasteiger partial charge in [0.05, 0.1) is 6.10 Å². The molecule has 0 spiro atoms. The number of para-hydroxylation sites is 1. The van der Waals surface area contributed by atoms with E-state index in [9.17, 15) is 9.90 Å². The number of carbonyl (C=O) groups is 1. The van der Waals surface area contributed by atoms with Crippen LogP contribution in [0.3, 0.4) is 0 Å². The molecule has 0 saturated heterocycles. The number of hydrogen-bond acceptors (Lipinski definition) is 3. The fraction of sp³-hybridized carbons (Fsp3) is 0.500. The van der Waals surface area contributed by atoms with Gasteiger partial charge in [-0.3, -0.25) is 4.79 Å². The van der Waals surface area contributed by atoms with E-state index in [4.69, 9.17) is 4.74 Å². The summed E-state index contributed by atoms with van der Waals surface area (Å²) in [6.07, 6.45) is 2.32. The molecule has 0 radical (unpaired) electrons. The Hall–Kier alpha value is -1.35. The summed E-state index contributed by atoms with van der Waals surface area (Å²) in [6, 6.07) is 9.48. The summed E-state index contributed by atoms with van der Waals surface area (Å²) in [6.45, 7) is 0.308. The third-order valence-electron chi connectivity index (χ3n) is 3.30. The lowest BCUT2D eigenvalue weighted by atomic mass is 9.85. The molecule has 3 heteroatoms. The van der Waals surface area contributed by atoms with Gasteiger partial charge in [0, 0.05) is 12.8 Å². The second-order valence-electron chi connectivity index (χ2n) is 4.57. The minimum Gasteiger partial charge on any atom is -0.491 e. The van der Waals surface area contributed by atoms with Crippen molar-refractivity contribution in [1.82, 2.24) is 0 Å². The first-order chi connectivity index (χ1) is 8.25. The van der Waals surface area contributed by atoms with Gasteiger partial charge in [-0.15, -0.1) is 0 Å². The molecule has 1 fully saturated rings. The molecule has 1 aromatic carbocycles. The van der Waals surface area contributed by atoms with Gasteiger partial charge < -0.3 is 9.84 Å². The van der Waals surface area contributed by atoms with E-state index in [1.807, 2.05) is 30.3 Å². The lowest BCUT2D eigenvalue weighted by Gasteiger charge is -2.25. The van der Waals surface area contributed by atoms with Crippen LogP contribution in [0.15, 0.2) is 30.3 Å². The molecular formula is C14H18O3. The molecular weight excluding hydrogens is 216 g/mol. The smallest absolute Gasteiger partial charge is 0.132 e. The van der Waals surface area contributed by atoms with Gasteiger partial charge in [-0.1, -0.05) is 18.2 Å². The molecule has 1 N–H and O–H groups in total. The maximum atomic E-state index is 11.1. The SMILES string of the molecule is O=C1CCC(C(O)COc2ccccc2)CC1. The van der Waals surface area contributed by atoms with Crippen molar-refractivity contribution in [3.8, 4) is 5.75 Å². The van der Waals surface area contributed by atoms with Gasteiger partial charge in [0.25, 0.3) is 0 Å². The number of hydrogen-bond donors (Lipinski definition) is 1. The normalized spacial score (nSPS) is 19.0. The van der Waals surface area contributed by atoms with Crippen LogP contribution in [-0.2, 0) is 4.79 Å². The largest absolute Gasteiger partial charge is 0.491 e. The van der Waals surface area contributed by atoms with Crippen molar-refractivity contribution in [3.05, 3.63) is 30.3 Å². The Labute approximate surface area is 101 Å². The van der Waals surface area contributed by atoms with Gasteiger partial charge in [0.15, 0.2) is 0 Å². The molecule has 0 aliphatic heterocycles. The number of carbonyl (C=O) groups excluding carboxylic acids is 1. The quantitative estimate of drug-likeness (QED) is 0.868. The second kappa shape index (κ2) is 5.82. The first-order valence-electron chi connectivity index (χ1n) is 6.13. The lowest BCUT2D eigenvalue weighted by Crippen LogP contribution is -2.30. The fourth-order valence-electron chi connectivity index (χ4n) is 2.18. The Bertz CT molecular complexity index is 351. The molecule has 1 aliphatic carbocycles. The highest BCUT2D eigenvalue weighted by Crippen LogP contribution is 2.25. The summed E-state index contributed by atoms with van der Waals surface area (Å²) in [5.74, 6) is 1.30. The predicted molar refractivity (Wildman–Crippen MR) is 64.9 cm³/mol. The number of ether oxygens (including phenoxy) is 1. The van der Waals surface area contributed by atoms with Crippen LogP contribution >= 0.6 is 0 Å². The number of aliphatic hydroxyl groups excluding tert-OH is 1. The summed E-state index contributed by atoms with van der Waals surface area (Å²) >= 11 is 0. The minimum atomic E-state index is -0.469. The Morgan fingerprint density at radius 3 is 2.53 bits per heavy atom. The van der Waals surface area contributed by atoms with E-state index in [1.165, 1.54) is 0 Å². The molecule has 17 heavy (non-hydrogen) atoms. The van der Waals surface area contributed by atoms with E-state index in [-0.39, 0.29) is 5.92 Å². The zero-order chi connectivity index (χ0) is 12.1. The van der Waals surface area contributed by atoms with Crippen LogP contribution < -0.4 is 4.74 Å². The van der Waals surface area contributed by atoms with E-state index < -0.39 is 6.10 Å². The van der Waals surface area contributed by atoms with Crippen LogP contribution in [0.25, 0.3) is 0 Å². The maximum absolute atomic E-state index is 11.1.